The first kappa shape index (κ1) is 18.8. The first-order valence-corrected chi connectivity index (χ1v) is 10.8. The molecule has 3 unspecified atom stereocenters. The van der Waals surface area contributed by atoms with Crippen LogP contribution in [0.2, 0.25) is 0 Å². The van der Waals surface area contributed by atoms with Crippen LogP contribution < -0.4 is 10.6 Å². The van der Waals surface area contributed by atoms with E-state index in [4.69, 9.17) is 14.5 Å². The Morgan fingerprint density at radius 2 is 2.00 bits per heavy atom. The Kier molecular flexibility index (Phi) is 5.48. The molecule has 2 aliphatic carbocycles. The molecule has 2 saturated carbocycles. The van der Waals surface area contributed by atoms with Crippen molar-refractivity contribution in [3.63, 3.8) is 0 Å². The van der Waals surface area contributed by atoms with E-state index in [2.05, 4.69) is 17.6 Å². The highest BCUT2D eigenvalue weighted by atomic mass is 16.6. The van der Waals surface area contributed by atoms with Crippen LogP contribution in [0.5, 0.6) is 0 Å². The molecule has 152 valence electrons. The standard InChI is InChI=1S/C20H34N4O3/c1-3-21-18(22-14-6-11-24(12-7-14)19(25)26-4-2)23-16-15-8-13-27-17(15)20(16)9-5-10-20/h14-17H,3-13H2,1-2H3,(H2,21,22,23). The fraction of sp³-hybridized carbons (Fsp3) is 0.900. The number of carbonyl (C=O) groups excluding carboxylic acids is 1. The summed E-state index contributed by atoms with van der Waals surface area (Å²) in [4.78, 5) is 18.4. The van der Waals surface area contributed by atoms with Crippen LogP contribution in [0.4, 0.5) is 4.79 Å². The highest BCUT2D eigenvalue weighted by Crippen LogP contribution is 2.62. The van der Waals surface area contributed by atoms with Gasteiger partial charge in [-0.05, 0) is 46.0 Å². The lowest BCUT2D eigenvalue weighted by Crippen LogP contribution is -2.72. The largest absolute Gasteiger partial charge is 0.450 e. The average molecular weight is 379 g/mol. The number of guanidine groups is 1. The van der Waals surface area contributed by atoms with Crippen LogP contribution in [0.25, 0.3) is 0 Å². The molecule has 7 heteroatoms. The maximum atomic E-state index is 11.9. The normalized spacial score (nSPS) is 32.4. The van der Waals surface area contributed by atoms with E-state index in [1.165, 1.54) is 25.7 Å². The molecular weight excluding hydrogens is 344 g/mol. The molecule has 1 spiro atoms. The summed E-state index contributed by atoms with van der Waals surface area (Å²) in [6.07, 6.45) is 7.19. The fourth-order valence-corrected chi connectivity index (χ4v) is 5.51. The van der Waals surface area contributed by atoms with E-state index in [1.807, 2.05) is 11.8 Å². The van der Waals surface area contributed by atoms with E-state index < -0.39 is 0 Å². The minimum Gasteiger partial charge on any atom is -0.450 e. The number of ether oxygens (including phenoxy) is 2. The number of hydrogen-bond donors (Lipinski definition) is 2. The van der Waals surface area contributed by atoms with Gasteiger partial charge in [0.2, 0.25) is 0 Å². The first-order valence-electron chi connectivity index (χ1n) is 10.8. The second-order valence-corrected chi connectivity index (χ2v) is 8.38. The van der Waals surface area contributed by atoms with Gasteiger partial charge in [-0.3, -0.25) is 4.99 Å². The monoisotopic (exact) mass is 378 g/mol. The Morgan fingerprint density at radius 3 is 2.63 bits per heavy atom. The Bertz CT molecular complexity index is 570. The SMILES string of the molecule is CCN=C(NC1CCN(C(=O)OCC)CC1)NC1C2CCOC2C12CCC2. The summed E-state index contributed by atoms with van der Waals surface area (Å²) in [5.74, 6) is 1.58. The number of fused-ring (bicyclic) bond motifs is 2. The molecule has 0 bridgehead atoms. The lowest BCUT2D eigenvalue weighted by atomic mass is 9.46. The van der Waals surface area contributed by atoms with Crippen molar-refractivity contribution in [3.05, 3.63) is 0 Å². The van der Waals surface area contributed by atoms with Gasteiger partial charge in [0.25, 0.3) is 0 Å². The summed E-state index contributed by atoms with van der Waals surface area (Å²) in [6, 6.07) is 0.845. The highest BCUT2D eigenvalue weighted by Gasteiger charge is 2.66. The molecule has 2 N–H and O–H groups in total. The summed E-state index contributed by atoms with van der Waals surface area (Å²) in [6.45, 7) is 7.51. The third kappa shape index (κ3) is 3.39. The maximum Gasteiger partial charge on any atom is 0.409 e. The van der Waals surface area contributed by atoms with Crippen molar-refractivity contribution in [2.75, 3.05) is 32.8 Å². The topological polar surface area (TPSA) is 75.2 Å². The van der Waals surface area contributed by atoms with Crippen LogP contribution in [0.15, 0.2) is 4.99 Å². The number of aliphatic imine (C=N–C) groups is 1. The second-order valence-electron chi connectivity index (χ2n) is 8.38. The van der Waals surface area contributed by atoms with E-state index in [1.54, 1.807) is 0 Å². The van der Waals surface area contributed by atoms with Gasteiger partial charge in [0, 0.05) is 49.7 Å². The minimum absolute atomic E-state index is 0.190. The molecule has 4 aliphatic rings. The third-order valence-electron chi connectivity index (χ3n) is 7.01. The Labute approximate surface area is 162 Å². The van der Waals surface area contributed by atoms with Gasteiger partial charge in [0.1, 0.15) is 0 Å². The van der Waals surface area contributed by atoms with Crippen molar-refractivity contribution in [2.24, 2.45) is 16.3 Å². The Morgan fingerprint density at radius 1 is 1.22 bits per heavy atom. The summed E-state index contributed by atoms with van der Waals surface area (Å²) in [5, 5.41) is 7.41. The van der Waals surface area contributed by atoms with E-state index >= 15 is 0 Å². The third-order valence-corrected chi connectivity index (χ3v) is 7.01. The van der Waals surface area contributed by atoms with Crippen LogP contribution in [-0.4, -0.2) is 68.0 Å². The number of likely N-dealkylation sites (tertiary alicyclic amines) is 1. The molecule has 1 amide bonds. The lowest BCUT2D eigenvalue weighted by molar-refractivity contribution is -0.171. The van der Waals surface area contributed by atoms with Crippen molar-refractivity contribution in [2.45, 2.75) is 70.6 Å². The number of nitrogens with zero attached hydrogens (tertiary/aromatic N) is 2. The van der Waals surface area contributed by atoms with Crippen molar-refractivity contribution in [1.29, 1.82) is 0 Å². The van der Waals surface area contributed by atoms with Gasteiger partial charge in [-0.2, -0.15) is 0 Å². The molecule has 4 fully saturated rings. The van der Waals surface area contributed by atoms with Crippen LogP contribution in [-0.2, 0) is 9.47 Å². The maximum absolute atomic E-state index is 11.9. The zero-order valence-corrected chi connectivity index (χ0v) is 16.7. The number of nitrogens with one attached hydrogen (secondary N) is 2. The summed E-state index contributed by atoms with van der Waals surface area (Å²) >= 11 is 0. The van der Waals surface area contributed by atoms with Gasteiger partial charge in [0.15, 0.2) is 5.96 Å². The Balaban J connectivity index is 1.32. The van der Waals surface area contributed by atoms with Crippen molar-refractivity contribution < 1.29 is 14.3 Å². The molecule has 3 atom stereocenters. The van der Waals surface area contributed by atoms with Gasteiger partial charge in [-0.25, -0.2) is 4.79 Å². The Hall–Kier alpha value is -1.50. The predicted octanol–water partition coefficient (Wildman–Crippen LogP) is 2.12. The summed E-state index contributed by atoms with van der Waals surface area (Å²) in [5.41, 5.74) is 0.352. The van der Waals surface area contributed by atoms with Gasteiger partial charge in [-0.1, -0.05) is 6.42 Å². The molecular formula is C20H34N4O3. The fourth-order valence-electron chi connectivity index (χ4n) is 5.51. The molecule has 0 radical (unpaired) electrons. The molecule has 27 heavy (non-hydrogen) atoms. The minimum atomic E-state index is -0.190. The van der Waals surface area contributed by atoms with Crippen LogP contribution in [0.3, 0.4) is 0 Å². The molecule has 0 aromatic rings. The highest BCUT2D eigenvalue weighted by molar-refractivity contribution is 5.81. The number of rotatable bonds is 4. The van der Waals surface area contributed by atoms with Crippen molar-refractivity contribution >= 4 is 12.1 Å². The molecule has 2 heterocycles. The van der Waals surface area contributed by atoms with Gasteiger partial charge >= 0.3 is 6.09 Å². The number of amides is 1. The van der Waals surface area contributed by atoms with E-state index in [9.17, 15) is 4.79 Å². The van der Waals surface area contributed by atoms with Gasteiger partial charge in [0.05, 0.1) is 12.7 Å². The van der Waals surface area contributed by atoms with Crippen LogP contribution >= 0.6 is 0 Å². The predicted molar refractivity (Wildman–Crippen MR) is 104 cm³/mol. The van der Waals surface area contributed by atoms with Crippen molar-refractivity contribution in [1.82, 2.24) is 15.5 Å². The average Bonchev–Trinajstić information content (AvgIpc) is 3.04. The molecule has 0 aromatic carbocycles. The molecule has 2 saturated heterocycles. The lowest BCUT2D eigenvalue weighted by Gasteiger charge is -2.63. The van der Waals surface area contributed by atoms with Crippen molar-refractivity contribution in [3.8, 4) is 0 Å². The van der Waals surface area contributed by atoms with Crippen LogP contribution in [0.1, 0.15) is 52.4 Å². The number of hydrogen-bond acceptors (Lipinski definition) is 4. The van der Waals surface area contributed by atoms with Crippen LogP contribution in [0, 0.1) is 11.3 Å². The number of carbonyl (C=O) groups is 1. The molecule has 2 aliphatic heterocycles. The van der Waals surface area contributed by atoms with Gasteiger partial charge in [-0.15, -0.1) is 0 Å². The van der Waals surface area contributed by atoms with E-state index in [0.29, 0.717) is 36.1 Å². The zero-order chi connectivity index (χ0) is 18.9. The quantitative estimate of drug-likeness (QED) is 0.579. The van der Waals surface area contributed by atoms with E-state index in [-0.39, 0.29) is 6.09 Å². The molecule has 0 aromatic heterocycles. The number of piperidine rings is 1. The summed E-state index contributed by atoms with van der Waals surface area (Å²) < 4.78 is 11.1. The summed E-state index contributed by atoms with van der Waals surface area (Å²) in [7, 11) is 0. The second kappa shape index (κ2) is 7.86. The van der Waals surface area contributed by atoms with Gasteiger partial charge < -0.3 is 25.0 Å². The molecule has 7 nitrogen and oxygen atoms in total. The zero-order valence-electron chi connectivity index (χ0n) is 16.7. The smallest absolute Gasteiger partial charge is 0.409 e. The molecule has 4 rings (SSSR count). The first-order chi connectivity index (χ1) is 13.2. The van der Waals surface area contributed by atoms with E-state index in [0.717, 1.165) is 45.0 Å².